The molecule has 0 bridgehead atoms. The maximum absolute atomic E-state index is 11.9. The summed E-state index contributed by atoms with van der Waals surface area (Å²) in [4.78, 5) is 34.8. The predicted octanol–water partition coefficient (Wildman–Crippen LogP) is 1.14. The van der Waals surface area contributed by atoms with E-state index in [4.69, 9.17) is 0 Å². The lowest BCUT2D eigenvalue weighted by atomic mass is 10.4. The Morgan fingerprint density at radius 1 is 1.10 bits per heavy atom. The highest BCUT2D eigenvalue weighted by Crippen LogP contribution is 2.31. The minimum Gasteiger partial charge on any atom is -0.285 e. The molecule has 0 amide bonds. The number of aromatic nitrogens is 2. The maximum atomic E-state index is 11.9. The van der Waals surface area contributed by atoms with Gasteiger partial charge < -0.3 is 0 Å². The molecule has 0 aliphatic rings. The minimum absolute atomic E-state index is 0.0225. The van der Waals surface area contributed by atoms with E-state index in [-0.39, 0.29) is 5.03 Å². The standard InChI is InChI=1S/C12H11N3O4S/c1-13-10(16)9(15(18)19)11(14(2)12(13)17)20-8-6-4-3-5-7-8/h3-7H,1-2H3. The Bertz CT molecular complexity index is 780. The Hall–Kier alpha value is -2.35. The van der Waals surface area contributed by atoms with E-state index in [0.717, 1.165) is 20.9 Å². The molecule has 0 fully saturated rings. The average molecular weight is 293 g/mol. The van der Waals surface area contributed by atoms with Crippen molar-refractivity contribution in [2.24, 2.45) is 14.1 Å². The Kier molecular flexibility index (Phi) is 3.75. The molecule has 0 saturated heterocycles. The summed E-state index contributed by atoms with van der Waals surface area (Å²) in [5.74, 6) is 0. The molecule has 2 rings (SSSR count). The van der Waals surface area contributed by atoms with Gasteiger partial charge in [-0.3, -0.25) is 24.0 Å². The van der Waals surface area contributed by atoms with Crippen LogP contribution in [0.15, 0.2) is 49.8 Å². The van der Waals surface area contributed by atoms with Crippen molar-refractivity contribution < 1.29 is 4.92 Å². The molecule has 8 heteroatoms. The van der Waals surface area contributed by atoms with Gasteiger partial charge in [0.05, 0.1) is 4.92 Å². The summed E-state index contributed by atoms with van der Waals surface area (Å²) in [6.45, 7) is 0. The fraction of sp³-hybridized carbons (Fsp3) is 0.167. The molecule has 104 valence electrons. The van der Waals surface area contributed by atoms with Crippen molar-refractivity contribution in [3.8, 4) is 0 Å². The Morgan fingerprint density at radius 2 is 1.70 bits per heavy atom. The topological polar surface area (TPSA) is 87.1 Å². The number of nitro groups is 1. The van der Waals surface area contributed by atoms with Crippen LogP contribution in [-0.4, -0.2) is 14.1 Å². The molecule has 1 aromatic carbocycles. The first-order valence-electron chi connectivity index (χ1n) is 5.60. The fourth-order valence-corrected chi connectivity index (χ4v) is 2.67. The summed E-state index contributed by atoms with van der Waals surface area (Å²) < 4.78 is 1.84. The summed E-state index contributed by atoms with van der Waals surface area (Å²) >= 11 is 1.01. The molecule has 1 aromatic heterocycles. The molecular weight excluding hydrogens is 282 g/mol. The Labute approximate surface area is 117 Å². The van der Waals surface area contributed by atoms with Crippen LogP contribution in [0.25, 0.3) is 0 Å². The number of hydrogen-bond donors (Lipinski definition) is 0. The first kappa shape index (κ1) is 14.1. The van der Waals surface area contributed by atoms with Gasteiger partial charge >= 0.3 is 16.9 Å². The second-order valence-corrected chi connectivity index (χ2v) is 5.09. The van der Waals surface area contributed by atoms with E-state index in [2.05, 4.69) is 0 Å². The van der Waals surface area contributed by atoms with Crippen LogP contribution in [0.2, 0.25) is 0 Å². The number of hydrogen-bond acceptors (Lipinski definition) is 5. The van der Waals surface area contributed by atoms with Gasteiger partial charge in [0.25, 0.3) is 0 Å². The molecule has 0 radical (unpaired) electrons. The van der Waals surface area contributed by atoms with Crippen LogP contribution in [0.1, 0.15) is 0 Å². The van der Waals surface area contributed by atoms with E-state index in [0.29, 0.717) is 4.90 Å². The lowest BCUT2D eigenvalue weighted by Crippen LogP contribution is -2.38. The second kappa shape index (κ2) is 5.33. The first-order valence-corrected chi connectivity index (χ1v) is 6.42. The summed E-state index contributed by atoms with van der Waals surface area (Å²) in [6, 6.07) is 8.84. The third-order valence-corrected chi connectivity index (χ3v) is 3.90. The quantitative estimate of drug-likeness (QED) is 0.481. The largest absolute Gasteiger partial charge is 0.364 e. The smallest absolute Gasteiger partial charge is 0.285 e. The molecule has 0 unspecified atom stereocenters. The first-order chi connectivity index (χ1) is 9.43. The van der Waals surface area contributed by atoms with Crippen molar-refractivity contribution in [2.75, 3.05) is 0 Å². The van der Waals surface area contributed by atoms with Crippen LogP contribution in [0, 0.1) is 10.1 Å². The van der Waals surface area contributed by atoms with Crippen LogP contribution in [0.4, 0.5) is 5.69 Å². The van der Waals surface area contributed by atoms with Crippen LogP contribution in [0.5, 0.6) is 0 Å². The zero-order valence-electron chi connectivity index (χ0n) is 10.8. The van der Waals surface area contributed by atoms with Gasteiger partial charge in [-0.15, -0.1) is 0 Å². The SMILES string of the molecule is Cn1c(Sc2ccccc2)c([N+](=O)[O-])c(=O)n(C)c1=O. The lowest BCUT2D eigenvalue weighted by Gasteiger charge is -2.09. The van der Waals surface area contributed by atoms with Gasteiger partial charge in [-0.1, -0.05) is 30.0 Å². The normalized spacial score (nSPS) is 10.5. The van der Waals surface area contributed by atoms with Gasteiger partial charge in [-0.25, -0.2) is 4.79 Å². The molecule has 20 heavy (non-hydrogen) atoms. The average Bonchev–Trinajstić information content (AvgIpc) is 2.43. The Morgan fingerprint density at radius 3 is 2.25 bits per heavy atom. The molecule has 0 aliphatic heterocycles. The number of nitrogens with zero attached hydrogens (tertiary/aromatic N) is 3. The second-order valence-electron chi connectivity index (χ2n) is 4.03. The van der Waals surface area contributed by atoms with Crippen LogP contribution < -0.4 is 11.2 Å². The van der Waals surface area contributed by atoms with Crippen LogP contribution >= 0.6 is 11.8 Å². The molecule has 2 aromatic rings. The van der Waals surface area contributed by atoms with E-state index in [1.807, 2.05) is 6.07 Å². The van der Waals surface area contributed by atoms with Crippen molar-refractivity contribution in [2.45, 2.75) is 9.92 Å². The predicted molar refractivity (Wildman–Crippen MR) is 74.1 cm³/mol. The monoisotopic (exact) mass is 293 g/mol. The van der Waals surface area contributed by atoms with Crippen molar-refractivity contribution in [3.63, 3.8) is 0 Å². The molecule has 0 spiro atoms. The maximum Gasteiger partial charge on any atom is 0.364 e. The summed E-state index contributed by atoms with van der Waals surface area (Å²) in [7, 11) is 2.62. The van der Waals surface area contributed by atoms with Crippen LogP contribution in [-0.2, 0) is 14.1 Å². The van der Waals surface area contributed by atoms with Gasteiger partial charge in [0, 0.05) is 19.0 Å². The van der Waals surface area contributed by atoms with Gasteiger partial charge in [0.2, 0.25) is 0 Å². The minimum atomic E-state index is -0.906. The van der Waals surface area contributed by atoms with Gasteiger partial charge in [0.15, 0.2) is 5.03 Å². The Balaban J connectivity index is 2.72. The zero-order chi connectivity index (χ0) is 14.9. The molecular formula is C12H11N3O4S. The number of rotatable bonds is 3. The third-order valence-electron chi connectivity index (χ3n) is 2.73. The highest BCUT2D eigenvalue weighted by Gasteiger charge is 2.26. The molecule has 0 aliphatic carbocycles. The summed E-state index contributed by atoms with van der Waals surface area (Å²) in [5, 5.41) is 11.1. The molecule has 1 heterocycles. The van der Waals surface area contributed by atoms with Gasteiger partial charge in [0.1, 0.15) is 0 Å². The molecule has 0 N–H and O–H groups in total. The molecule has 0 saturated carbocycles. The summed E-state index contributed by atoms with van der Waals surface area (Å²) in [6.07, 6.45) is 0. The highest BCUT2D eigenvalue weighted by molar-refractivity contribution is 7.99. The molecule has 0 atom stereocenters. The van der Waals surface area contributed by atoms with Gasteiger partial charge in [-0.05, 0) is 12.1 Å². The van der Waals surface area contributed by atoms with E-state index >= 15 is 0 Å². The fourth-order valence-electron chi connectivity index (χ4n) is 1.68. The van der Waals surface area contributed by atoms with E-state index < -0.39 is 21.9 Å². The van der Waals surface area contributed by atoms with E-state index in [1.165, 1.54) is 14.1 Å². The van der Waals surface area contributed by atoms with Crippen molar-refractivity contribution in [3.05, 3.63) is 61.3 Å². The van der Waals surface area contributed by atoms with Crippen molar-refractivity contribution in [1.82, 2.24) is 9.13 Å². The summed E-state index contributed by atoms with van der Waals surface area (Å²) in [5.41, 5.74) is -2.10. The highest BCUT2D eigenvalue weighted by atomic mass is 32.2. The van der Waals surface area contributed by atoms with E-state index in [9.17, 15) is 19.7 Å². The number of benzene rings is 1. The van der Waals surface area contributed by atoms with Crippen molar-refractivity contribution >= 4 is 17.4 Å². The third kappa shape index (κ3) is 2.37. The zero-order valence-corrected chi connectivity index (χ0v) is 11.6. The van der Waals surface area contributed by atoms with E-state index in [1.54, 1.807) is 24.3 Å². The van der Waals surface area contributed by atoms with Crippen molar-refractivity contribution in [1.29, 1.82) is 0 Å². The molecule has 7 nitrogen and oxygen atoms in total. The lowest BCUT2D eigenvalue weighted by molar-refractivity contribution is -0.390. The van der Waals surface area contributed by atoms with Crippen LogP contribution in [0.3, 0.4) is 0 Å². The van der Waals surface area contributed by atoms with Gasteiger partial charge in [-0.2, -0.15) is 0 Å².